The quantitative estimate of drug-likeness (QED) is 0.0621. The fraction of sp³-hybridized carbons (Fsp3) is 0.425. The van der Waals surface area contributed by atoms with Crippen LogP contribution in [0.4, 0.5) is 0 Å². The first-order valence-corrected chi connectivity index (χ1v) is 25.1. The Morgan fingerprint density at radius 1 is 0.894 bits per heavy atom. The fourth-order valence-corrected chi connectivity index (χ4v) is 10.9. The van der Waals surface area contributed by atoms with Crippen LogP contribution in [0.25, 0.3) is 42.3 Å². The second-order valence-electron chi connectivity index (χ2n) is 13.8. The number of hydrogen-bond donors (Lipinski definition) is 1. The van der Waals surface area contributed by atoms with Gasteiger partial charge in [-0.3, -0.25) is 4.79 Å². The number of allylic oxidation sites excluding steroid dienone is 2. The molecule has 0 unspecified atom stereocenters. The van der Waals surface area contributed by atoms with Gasteiger partial charge < -0.3 is 5.11 Å². The molecule has 2 heterocycles. The van der Waals surface area contributed by atoms with Gasteiger partial charge in [0.25, 0.3) is 0 Å². The molecule has 1 N–H and O–H groups in total. The van der Waals surface area contributed by atoms with E-state index in [0.29, 0.717) is 5.92 Å². The Labute approximate surface area is 302 Å². The summed E-state index contributed by atoms with van der Waals surface area (Å²) < 4.78 is 4.03. The molecule has 4 nitrogen and oxygen atoms in total. The molecule has 47 heavy (non-hydrogen) atoms. The summed E-state index contributed by atoms with van der Waals surface area (Å²) >= 11 is -0.260. The van der Waals surface area contributed by atoms with Gasteiger partial charge in [-0.05, 0) is 25.7 Å². The van der Waals surface area contributed by atoms with E-state index in [-0.39, 0.29) is 43.5 Å². The van der Waals surface area contributed by atoms with Crippen molar-refractivity contribution in [1.82, 2.24) is 9.97 Å². The summed E-state index contributed by atoms with van der Waals surface area (Å²) in [6.07, 6.45) is 7.71. The molecule has 0 aliphatic carbocycles. The SMILES string of the molecule is CC(C)Cc1cccc2c1sc1c(-c3[c-]c4ccccc4[c]([Ge]([CH3])([CH3])[CH3])c3)ncnc12.CCC(CC)C(=O)/C=C(\O)C(CC)CC.[Ir]. The van der Waals surface area contributed by atoms with Crippen LogP contribution in [0, 0.1) is 23.8 Å². The second-order valence-corrected chi connectivity index (χ2v) is 25.4. The van der Waals surface area contributed by atoms with E-state index in [4.69, 9.17) is 9.97 Å². The standard InChI is InChI=1S/C27H27GeN2S.C13H24O2.Ir/c1-17(2)13-19-10-8-12-22-25-27(31-26(19)22)24(29-16-30-25)20-14-18-9-6-7-11-21(18)23(15-20)28(3,4)5;1-5-10(6-2)12(14)9-13(15)11(7-3)8-4;/h6-12,15-17H,13H2,1-5H3;9-11,14H,5-8H2,1-4H3;/q-1;;/b;12-9-;. The number of carbonyl (C=O) groups is 1. The summed E-state index contributed by atoms with van der Waals surface area (Å²) in [5.41, 5.74) is 4.59. The Balaban J connectivity index is 0.000000322. The molecule has 1 radical (unpaired) electrons. The third-order valence-electron chi connectivity index (χ3n) is 8.91. The summed E-state index contributed by atoms with van der Waals surface area (Å²) in [5, 5.41) is 13.5. The number of hydrogen-bond acceptors (Lipinski definition) is 5. The molecule has 5 rings (SSSR count). The van der Waals surface area contributed by atoms with Crippen LogP contribution in [0.5, 0.6) is 0 Å². The third-order valence-corrected chi connectivity index (χ3v) is 14.4. The van der Waals surface area contributed by atoms with Crippen molar-refractivity contribution in [2.75, 3.05) is 0 Å². The van der Waals surface area contributed by atoms with Crippen LogP contribution in [0.15, 0.2) is 66.7 Å². The molecule has 2 aromatic heterocycles. The van der Waals surface area contributed by atoms with Crippen LogP contribution in [-0.2, 0) is 31.3 Å². The molecule has 0 amide bonds. The van der Waals surface area contributed by atoms with Crippen molar-refractivity contribution in [3.8, 4) is 11.3 Å². The number of benzene rings is 3. The number of nitrogens with zero attached hydrogens (tertiary/aromatic N) is 2. The normalized spacial score (nSPS) is 12.2. The topological polar surface area (TPSA) is 63.1 Å². The van der Waals surface area contributed by atoms with Crippen molar-refractivity contribution < 1.29 is 30.0 Å². The van der Waals surface area contributed by atoms with Crippen molar-refractivity contribution in [2.24, 2.45) is 17.8 Å². The van der Waals surface area contributed by atoms with E-state index in [2.05, 4.69) is 85.7 Å². The summed E-state index contributed by atoms with van der Waals surface area (Å²) in [7, 11) is 0. The number of rotatable bonds is 11. The molecule has 0 atom stereocenters. The van der Waals surface area contributed by atoms with Gasteiger partial charge in [-0.25, -0.2) is 0 Å². The number of fused-ring (bicyclic) bond motifs is 4. The molecule has 0 bridgehead atoms. The average Bonchev–Trinajstić information content (AvgIpc) is 3.41. The Bertz CT molecular complexity index is 1830. The Morgan fingerprint density at radius 3 is 2.15 bits per heavy atom. The number of aliphatic hydroxyl groups excluding tert-OH is 1. The van der Waals surface area contributed by atoms with Gasteiger partial charge in [0.15, 0.2) is 5.78 Å². The molecule has 0 spiro atoms. The molecule has 0 fully saturated rings. The van der Waals surface area contributed by atoms with Gasteiger partial charge in [-0.1, -0.05) is 27.7 Å². The molecule has 7 heteroatoms. The van der Waals surface area contributed by atoms with Gasteiger partial charge in [0.1, 0.15) is 0 Å². The van der Waals surface area contributed by atoms with E-state index in [1.807, 2.05) is 39.0 Å². The molecule has 0 saturated carbocycles. The van der Waals surface area contributed by atoms with E-state index < -0.39 is 13.3 Å². The Hall–Kier alpha value is -2.38. The predicted octanol–water partition coefficient (Wildman–Crippen LogP) is 11.1. The zero-order chi connectivity index (χ0) is 33.6. The van der Waals surface area contributed by atoms with Gasteiger partial charge in [0.2, 0.25) is 0 Å². The van der Waals surface area contributed by atoms with Crippen LogP contribution in [0.1, 0.15) is 72.8 Å². The van der Waals surface area contributed by atoms with Crippen molar-refractivity contribution in [2.45, 2.75) is 90.9 Å². The first-order valence-electron chi connectivity index (χ1n) is 17.0. The first kappa shape index (κ1) is 39.1. The number of aromatic nitrogens is 2. The molecule has 0 saturated heterocycles. The number of aliphatic hydroxyl groups is 1. The van der Waals surface area contributed by atoms with Crippen LogP contribution < -0.4 is 4.40 Å². The molecule has 5 aromatic rings. The first-order chi connectivity index (χ1) is 21.9. The van der Waals surface area contributed by atoms with Crippen LogP contribution in [0.2, 0.25) is 17.3 Å². The summed E-state index contributed by atoms with van der Waals surface area (Å²) in [6, 6.07) is 21.4. The van der Waals surface area contributed by atoms with Crippen LogP contribution in [0.3, 0.4) is 0 Å². The molecule has 3 aromatic carbocycles. The molecule has 0 aliphatic heterocycles. The number of ketones is 1. The van der Waals surface area contributed by atoms with Crippen molar-refractivity contribution in [3.63, 3.8) is 0 Å². The number of carbonyl (C=O) groups excluding carboxylic acids is 1. The Kier molecular flexibility index (Phi) is 14.4. The molecular formula is C40H51GeIrN2O2S-. The Morgan fingerprint density at radius 2 is 1.53 bits per heavy atom. The van der Waals surface area contributed by atoms with Gasteiger partial charge in [-0.2, -0.15) is 0 Å². The van der Waals surface area contributed by atoms with E-state index in [1.165, 1.54) is 41.6 Å². The predicted molar refractivity (Wildman–Crippen MR) is 202 cm³/mol. The fourth-order valence-electron chi connectivity index (χ4n) is 6.21. The smallest absolute Gasteiger partial charge is 0.162 e. The van der Waals surface area contributed by atoms with Gasteiger partial charge in [0, 0.05) is 38.0 Å². The molecule has 253 valence electrons. The van der Waals surface area contributed by atoms with E-state index >= 15 is 0 Å². The van der Waals surface area contributed by atoms with Gasteiger partial charge in [0.05, 0.1) is 5.76 Å². The summed E-state index contributed by atoms with van der Waals surface area (Å²) in [6.45, 7) is 12.6. The monoisotopic (exact) mass is 890 g/mol. The molecular weight excluding hydrogens is 837 g/mol. The van der Waals surface area contributed by atoms with Crippen molar-refractivity contribution in [3.05, 3.63) is 78.3 Å². The second kappa shape index (κ2) is 17.3. The molecule has 0 aliphatic rings. The largest absolute Gasteiger partial charge is 0.512 e. The zero-order valence-electron chi connectivity index (χ0n) is 29.5. The van der Waals surface area contributed by atoms with E-state index in [9.17, 15) is 9.90 Å². The van der Waals surface area contributed by atoms with E-state index in [0.717, 1.165) is 48.9 Å². The summed E-state index contributed by atoms with van der Waals surface area (Å²) in [5.74, 6) is 8.54. The summed E-state index contributed by atoms with van der Waals surface area (Å²) in [4.78, 5) is 21.2. The third kappa shape index (κ3) is 9.20. The number of thiophene rings is 1. The maximum absolute atomic E-state index is 11.7. The van der Waals surface area contributed by atoms with Crippen LogP contribution >= 0.6 is 11.3 Å². The zero-order valence-corrected chi connectivity index (χ0v) is 34.8. The van der Waals surface area contributed by atoms with E-state index in [1.54, 1.807) is 6.33 Å². The van der Waals surface area contributed by atoms with Crippen molar-refractivity contribution in [1.29, 1.82) is 0 Å². The maximum atomic E-state index is 11.7. The van der Waals surface area contributed by atoms with Gasteiger partial charge >= 0.3 is 191 Å². The minimum atomic E-state index is -2.10. The van der Waals surface area contributed by atoms with Crippen LogP contribution in [-0.4, -0.2) is 34.1 Å². The minimum Gasteiger partial charge on any atom is -0.512 e. The van der Waals surface area contributed by atoms with Crippen molar-refractivity contribution >= 4 is 65.9 Å². The minimum absolute atomic E-state index is 0. The van der Waals surface area contributed by atoms with Gasteiger partial charge in [-0.15, -0.1) is 0 Å². The maximum Gasteiger partial charge on any atom is 0.162 e. The average molecular weight is 889 g/mol.